The topological polar surface area (TPSA) is 76.5 Å². The van der Waals surface area contributed by atoms with Crippen LogP contribution in [0.15, 0.2) is 23.2 Å². The molecule has 100 valence electrons. The first-order valence-electron chi connectivity index (χ1n) is 6.18. The number of hydrogen-bond acceptors (Lipinski definition) is 4. The predicted molar refractivity (Wildman–Crippen MR) is 74.8 cm³/mol. The highest BCUT2D eigenvalue weighted by atomic mass is 79.9. The number of piperidine rings is 1. The number of fused-ring (bicyclic) bond motifs is 1. The van der Waals surface area contributed by atoms with E-state index in [0.717, 1.165) is 35.5 Å². The Morgan fingerprint density at radius 3 is 3.16 bits per heavy atom. The number of nitrogens with zero attached hydrogens (tertiary/aromatic N) is 4. The summed E-state index contributed by atoms with van der Waals surface area (Å²) >= 11 is 3.40. The molecular formula is C12H14BrN5O. The average molecular weight is 324 g/mol. The van der Waals surface area contributed by atoms with Crippen LogP contribution in [0.2, 0.25) is 0 Å². The lowest BCUT2D eigenvalue weighted by molar-refractivity contribution is -0.122. The number of nitrogens with two attached hydrogens (primary N) is 1. The minimum atomic E-state index is -0.237. The molecule has 1 aliphatic rings. The standard InChI is InChI=1S/C12H14BrN5O/c13-9-7-18-5-3-15-11(18)12(16-9)17-4-1-2-8(6-17)10(14)19/h3,5,7-8H,1-2,4,6H2,(H2,14,19). The number of carbonyl (C=O) groups is 1. The van der Waals surface area contributed by atoms with Crippen LogP contribution in [0.25, 0.3) is 5.65 Å². The summed E-state index contributed by atoms with van der Waals surface area (Å²) in [4.78, 5) is 22.3. The molecule has 1 saturated heterocycles. The fraction of sp³-hybridized carbons (Fsp3) is 0.417. The molecule has 1 atom stereocenters. The van der Waals surface area contributed by atoms with Crippen LogP contribution in [0, 0.1) is 5.92 Å². The van der Waals surface area contributed by atoms with E-state index in [-0.39, 0.29) is 11.8 Å². The Morgan fingerprint density at radius 2 is 2.37 bits per heavy atom. The number of imidazole rings is 1. The van der Waals surface area contributed by atoms with Gasteiger partial charge in [0.05, 0.1) is 5.92 Å². The maximum Gasteiger partial charge on any atom is 0.222 e. The normalized spacial score (nSPS) is 19.8. The smallest absolute Gasteiger partial charge is 0.222 e. The number of carbonyl (C=O) groups excluding carboxylic acids is 1. The predicted octanol–water partition coefficient (Wildman–Crippen LogP) is 1.19. The molecule has 3 rings (SSSR count). The lowest BCUT2D eigenvalue weighted by atomic mass is 9.97. The quantitative estimate of drug-likeness (QED) is 0.900. The third-order valence-electron chi connectivity index (χ3n) is 3.45. The lowest BCUT2D eigenvalue weighted by Gasteiger charge is -2.32. The van der Waals surface area contributed by atoms with Gasteiger partial charge in [-0.3, -0.25) is 4.79 Å². The van der Waals surface area contributed by atoms with Crippen LogP contribution in [0.1, 0.15) is 12.8 Å². The van der Waals surface area contributed by atoms with Crippen molar-refractivity contribution >= 4 is 33.3 Å². The van der Waals surface area contributed by atoms with Gasteiger partial charge >= 0.3 is 0 Å². The summed E-state index contributed by atoms with van der Waals surface area (Å²) in [5.41, 5.74) is 6.21. The third-order valence-corrected chi connectivity index (χ3v) is 3.83. The Morgan fingerprint density at radius 1 is 1.53 bits per heavy atom. The molecule has 0 radical (unpaired) electrons. The van der Waals surface area contributed by atoms with Gasteiger partial charge in [-0.25, -0.2) is 9.97 Å². The highest BCUT2D eigenvalue weighted by Gasteiger charge is 2.26. The summed E-state index contributed by atoms with van der Waals surface area (Å²) in [5, 5.41) is 0. The minimum Gasteiger partial charge on any atom is -0.369 e. The fourth-order valence-corrected chi connectivity index (χ4v) is 2.89. The molecule has 0 aliphatic carbocycles. The van der Waals surface area contributed by atoms with E-state index in [0.29, 0.717) is 6.54 Å². The van der Waals surface area contributed by atoms with E-state index < -0.39 is 0 Å². The van der Waals surface area contributed by atoms with E-state index in [1.54, 1.807) is 6.20 Å². The molecule has 0 aromatic carbocycles. The molecule has 0 spiro atoms. The highest BCUT2D eigenvalue weighted by molar-refractivity contribution is 9.10. The van der Waals surface area contributed by atoms with Gasteiger partial charge in [0.1, 0.15) is 4.60 Å². The Hall–Kier alpha value is -1.63. The van der Waals surface area contributed by atoms with Crippen molar-refractivity contribution in [3.8, 4) is 0 Å². The van der Waals surface area contributed by atoms with Gasteiger partial charge in [0, 0.05) is 31.7 Å². The van der Waals surface area contributed by atoms with Gasteiger partial charge < -0.3 is 15.0 Å². The molecular weight excluding hydrogens is 310 g/mol. The SMILES string of the molecule is NC(=O)C1CCCN(c2nc(Br)cn3ccnc23)C1. The molecule has 1 unspecified atom stereocenters. The zero-order chi connectivity index (χ0) is 13.4. The van der Waals surface area contributed by atoms with Crippen molar-refractivity contribution in [2.45, 2.75) is 12.8 Å². The number of amides is 1. The number of hydrogen-bond donors (Lipinski definition) is 1. The monoisotopic (exact) mass is 323 g/mol. The van der Waals surface area contributed by atoms with Crippen molar-refractivity contribution in [3.63, 3.8) is 0 Å². The summed E-state index contributed by atoms with van der Waals surface area (Å²) in [7, 11) is 0. The van der Waals surface area contributed by atoms with Crippen molar-refractivity contribution < 1.29 is 4.79 Å². The molecule has 0 bridgehead atoms. The van der Waals surface area contributed by atoms with Crippen LogP contribution in [0.5, 0.6) is 0 Å². The largest absolute Gasteiger partial charge is 0.369 e. The summed E-state index contributed by atoms with van der Waals surface area (Å²) < 4.78 is 2.66. The molecule has 1 fully saturated rings. The first-order chi connectivity index (χ1) is 9.15. The first kappa shape index (κ1) is 12.4. The molecule has 6 nitrogen and oxygen atoms in total. The van der Waals surface area contributed by atoms with Crippen LogP contribution in [0.4, 0.5) is 5.82 Å². The molecule has 1 aliphatic heterocycles. The van der Waals surface area contributed by atoms with Crippen LogP contribution < -0.4 is 10.6 Å². The average Bonchev–Trinajstić information content (AvgIpc) is 2.85. The molecule has 19 heavy (non-hydrogen) atoms. The van der Waals surface area contributed by atoms with Gasteiger partial charge in [-0.1, -0.05) is 0 Å². The van der Waals surface area contributed by atoms with E-state index in [9.17, 15) is 4.79 Å². The number of halogens is 1. The van der Waals surface area contributed by atoms with Gasteiger partial charge in [0.2, 0.25) is 5.91 Å². The Bertz CT molecular complexity index is 626. The molecule has 2 aromatic heterocycles. The molecule has 3 heterocycles. The van der Waals surface area contributed by atoms with Crippen molar-refractivity contribution in [1.82, 2.24) is 14.4 Å². The van der Waals surface area contributed by atoms with E-state index in [1.165, 1.54) is 0 Å². The van der Waals surface area contributed by atoms with Crippen molar-refractivity contribution in [1.29, 1.82) is 0 Å². The van der Waals surface area contributed by atoms with E-state index in [2.05, 4.69) is 30.8 Å². The zero-order valence-electron chi connectivity index (χ0n) is 10.3. The number of aromatic nitrogens is 3. The summed E-state index contributed by atoms with van der Waals surface area (Å²) in [6.07, 6.45) is 7.27. The third kappa shape index (κ3) is 2.30. The summed E-state index contributed by atoms with van der Waals surface area (Å²) in [5.74, 6) is 0.453. The van der Waals surface area contributed by atoms with E-state index in [1.807, 2.05) is 16.8 Å². The van der Waals surface area contributed by atoms with E-state index in [4.69, 9.17) is 5.73 Å². The van der Waals surface area contributed by atoms with E-state index >= 15 is 0 Å². The Balaban J connectivity index is 1.99. The second-order valence-corrected chi connectivity index (χ2v) is 5.55. The number of primary amides is 1. The number of anilines is 1. The van der Waals surface area contributed by atoms with Crippen LogP contribution >= 0.6 is 15.9 Å². The maximum atomic E-state index is 11.4. The summed E-state index contributed by atoms with van der Waals surface area (Å²) in [6, 6.07) is 0. The molecule has 7 heteroatoms. The molecule has 2 N–H and O–H groups in total. The van der Waals surface area contributed by atoms with Crippen LogP contribution in [-0.2, 0) is 4.79 Å². The molecule has 0 saturated carbocycles. The Kier molecular flexibility index (Phi) is 3.14. The fourth-order valence-electron chi connectivity index (χ4n) is 2.50. The van der Waals surface area contributed by atoms with Crippen LogP contribution in [0.3, 0.4) is 0 Å². The maximum absolute atomic E-state index is 11.4. The molecule has 2 aromatic rings. The zero-order valence-corrected chi connectivity index (χ0v) is 11.9. The van der Waals surface area contributed by atoms with Crippen LogP contribution in [-0.4, -0.2) is 33.4 Å². The van der Waals surface area contributed by atoms with Gasteiger partial charge in [-0.05, 0) is 28.8 Å². The molecule has 1 amide bonds. The van der Waals surface area contributed by atoms with Crippen molar-refractivity contribution in [2.24, 2.45) is 11.7 Å². The first-order valence-corrected chi connectivity index (χ1v) is 6.98. The lowest BCUT2D eigenvalue weighted by Crippen LogP contribution is -2.41. The van der Waals surface area contributed by atoms with Crippen molar-refractivity contribution in [3.05, 3.63) is 23.2 Å². The number of rotatable bonds is 2. The Labute approximate surface area is 118 Å². The second-order valence-electron chi connectivity index (χ2n) is 4.73. The van der Waals surface area contributed by atoms with Gasteiger partial charge in [0.25, 0.3) is 0 Å². The van der Waals surface area contributed by atoms with Gasteiger partial charge in [0.15, 0.2) is 11.5 Å². The van der Waals surface area contributed by atoms with Gasteiger partial charge in [-0.15, -0.1) is 0 Å². The summed E-state index contributed by atoms with van der Waals surface area (Å²) in [6.45, 7) is 1.48. The second kappa shape index (κ2) is 4.80. The highest BCUT2D eigenvalue weighted by Crippen LogP contribution is 2.26. The van der Waals surface area contributed by atoms with Crippen molar-refractivity contribution in [2.75, 3.05) is 18.0 Å². The van der Waals surface area contributed by atoms with Gasteiger partial charge in [-0.2, -0.15) is 0 Å². The minimum absolute atomic E-state index is 0.107.